The van der Waals surface area contributed by atoms with Gasteiger partial charge in [0.1, 0.15) is 9.53 Å². The first-order valence-corrected chi connectivity index (χ1v) is 7.21. The highest BCUT2D eigenvalue weighted by molar-refractivity contribution is 14.1. The Morgan fingerprint density at radius 3 is 2.50 bits per heavy atom. The zero-order chi connectivity index (χ0) is 13.6. The first kappa shape index (κ1) is 15.2. The van der Waals surface area contributed by atoms with E-state index in [0.717, 1.165) is 5.56 Å². The van der Waals surface area contributed by atoms with Crippen molar-refractivity contribution in [2.75, 3.05) is 0 Å². The van der Waals surface area contributed by atoms with Crippen LogP contribution in [-0.2, 0) is 9.53 Å². The fourth-order valence-corrected chi connectivity index (χ4v) is 1.77. The number of allylic oxidation sites excluding steroid dienone is 1. The Labute approximate surface area is 123 Å². The summed E-state index contributed by atoms with van der Waals surface area (Å²) in [4.78, 5) is 11.7. The molecule has 0 aliphatic heterocycles. The fraction of sp³-hybridized carbons (Fsp3) is 0.400. The summed E-state index contributed by atoms with van der Waals surface area (Å²) < 4.78 is 5.18. The van der Waals surface area contributed by atoms with E-state index >= 15 is 0 Å². The number of carbonyl (C=O) groups excluding carboxylic acids is 1. The van der Waals surface area contributed by atoms with Crippen molar-refractivity contribution in [1.29, 1.82) is 0 Å². The van der Waals surface area contributed by atoms with E-state index in [0.29, 0.717) is 6.42 Å². The number of benzene rings is 1. The summed E-state index contributed by atoms with van der Waals surface area (Å²) in [6.45, 7) is 5.65. The molecule has 0 fully saturated rings. The van der Waals surface area contributed by atoms with Gasteiger partial charge in [-0.05, 0) is 32.8 Å². The minimum absolute atomic E-state index is 0.137. The Bertz CT molecular complexity index is 404. The topological polar surface area (TPSA) is 26.3 Å². The quantitative estimate of drug-likeness (QED) is 0.457. The average Bonchev–Trinajstić information content (AvgIpc) is 2.28. The minimum atomic E-state index is -0.413. The molecule has 1 atom stereocenters. The summed E-state index contributed by atoms with van der Waals surface area (Å²) in [6, 6.07) is 10.0. The number of ether oxygens (including phenoxy) is 1. The van der Waals surface area contributed by atoms with Gasteiger partial charge in [-0.15, -0.1) is 0 Å². The Kier molecular flexibility index (Phi) is 5.85. The van der Waals surface area contributed by atoms with Crippen LogP contribution in [0.5, 0.6) is 0 Å². The highest BCUT2D eigenvalue weighted by atomic mass is 127. The van der Waals surface area contributed by atoms with Crippen LogP contribution >= 0.6 is 22.6 Å². The maximum Gasteiger partial charge on any atom is 0.319 e. The largest absolute Gasteiger partial charge is 0.459 e. The molecule has 0 heterocycles. The third-order valence-electron chi connectivity index (χ3n) is 2.12. The van der Waals surface area contributed by atoms with Crippen LogP contribution in [0, 0.1) is 0 Å². The highest BCUT2D eigenvalue weighted by Gasteiger charge is 2.21. The van der Waals surface area contributed by atoms with E-state index in [-0.39, 0.29) is 9.89 Å². The van der Waals surface area contributed by atoms with E-state index < -0.39 is 5.60 Å². The lowest BCUT2D eigenvalue weighted by atomic mass is 10.1. The smallest absolute Gasteiger partial charge is 0.319 e. The van der Waals surface area contributed by atoms with Crippen LogP contribution in [0.25, 0.3) is 6.08 Å². The molecule has 3 heteroatoms. The van der Waals surface area contributed by atoms with Crippen molar-refractivity contribution < 1.29 is 9.53 Å². The van der Waals surface area contributed by atoms with E-state index in [1.54, 1.807) is 0 Å². The molecule has 0 saturated heterocycles. The number of carbonyl (C=O) groups is 1. The van der Waals surface area contributed by atoms with Gasteiger partial charge in [-0.1, -0.05) is 65.1 Å². The standard InChI is InChI=1S/C15H19IO2/c1-15(2,3)18-14(17)13(16)11-7-10-12-8-5-4-6-9-12/h4-10,13H,11H2,1-3H3/b10-7+. The summed E-state index contributed by atoms with van der Waals surface area (Å²) in [5, 5.41) is 0. The first-order chi connectivity index (χ1) is 8.38. The molecule has 0 aliphatic rings. The normalized spacial score (nSPS) is 13.6. The predicted molar refractivity (Wildman–Crippen MR) is 83.7 cm³/mol. The van der Waals surface area contributed by atoms with Gasteiger partial charge >= 0.3 is 5.97 Å². The van der Waals surface area contributed by atoms with Crippen LogP contribution in [0.2, 0.25) is 0 Å². The summed E-state index contributed by atoms with van der Waals surface area (Å²) >= 11 is 2.12. The molecule has 1 rings (SSSR count). The molecule has 1 aromatic rings. The van der Waals surface area contributed by atoms with Crippen molar-refractivity contribution in [1.82, 2.24) is 0 Å². The Morgan fingerprint density at radius 1 is 1.33 bits per heavy atom. The second kappa shape index (κ2) is 6.92. The second-order valence-electron chi connectivity index (χ2n) is 5.05. The van der Waals surface area contributed by atoms with Crippen molar-refractivity contribution in [2.45, 2.75) is 36.7 Å². The molecule has 0 N–H and O–H groups in total. The van der Waals surface area contributed by atoms with Crippen LogP contribution in [0.1, 0.15) is 32.8 Å². The third-order valence-corrected chi connectivity index (χ3v) is 3.13. The lowest BCUT2D eigenvalue weighted by Gasteiger charge is -2.21. The lowest BCUT2D eigenvalue weighted by molar-refractivity contribution is -0.153. The van der Waals surface area contributed by atoms with Crippen molar-refractivity contribution in [3.05, 3.63) is 42.0 Å². The molecule has 18 heavy (non-hydrogen) atoms. The number of esters is 1. The SMILES string of the molecule is CC(C)(C)OC(=O)C(I)C/C=C/c1ccccc1. The van der Waals surface area contributed by atoms with Crippen LogP contribution in [0.3, 0.4) is 0 Å². The first-order valence-electron chi connectivity index (χ1n) is 5.97. The number of alkyl halides is 1. The van der Waals surface area contributed by atoms with Crippen LogP contribution in [0.4, 0.5) is 0 Å². The van der Waals surface area contributed by atoms with Gasteiger partial charge in [0.05, 0.1) is 0 Å². The summed E-state index contributed by atoms with van der Waals surface area (Å²) in [7, 11) is 0. The third kappa shape index (κ3) is 6.19. The highest BCUT2D eigenvalue weighted by Crippen LogP contribution is 2.16. The molecule has 1 unspecified atom stereocenters. The molecule has 0 aromatic heterocycles. The molecule has 2 nitrogen and oxygen atoms in total. The Balaban J connectivity index is 2.44. The van der Waals surface area contributed by atoms with Crippen molar-refractivity contribution in [2.24, 2.45) is 0 Å². The summed E-state index contributed by atoms with van der Waals surface area (Å²) in [5.41, 5.74) is 0.731. The van der Waals surface area contributed by atoms with Crippen LogP contribution in [-0.4, -0.2) is 15.5 Å². The molecule has 0 spiro atoms. The summed E-state index contributed by atoms with van der Waals surface area (Å²) in [5.74, 6) is -0.152. The van der Waals surface area contributed by atoms with Gasteiger partial charge in [-0.3, -0.25) is 4.79 Å². The van der Waals surface area contributed by atoms with Gasteiger partial charge in [0, 0.05) is 0 Å². The zero-order valence-electron chi connectivity index (χ0n) is 11.0. The van der Waals surface area contributed by atoms with Gasteiger partial charge < -0.3 is 4.74 Å². The molecule has 0 amide bonds. The van der Waals surface area contributed by atoms with E-state index in [1.165, 1.54) is 0 Å². The molecule has 0 radical (unpaired) electrons. The van der Waals surface area contributed by atoms with Gasteiger partial charge in [0.15, 0.2) is 0 Å². The van der Waals surface area contributed by atoms with E-state index in [4.69, 9.17) is 4.74 Å². The molecule has 0 saturated carbocycles. The van der Waals surface area contributed by atoms with E-state index in [2.05, 4.69) is 22.6 Å². The van der Waals surface area contributed by atoms with Gasteiger partial charge in [0.2, 0.25) is 0 Å². The molecule has 1 aromatic carbocycles. The Morgan fingerprint density at radius 2 is 1.94 bits per heavy atom. The minimum Gasteiger partial charge on any atom is -0.459 e. The van der Waals surface area contributed by atoms with Crippen LogP contribution < -0.4 is 0 Å². The van der Waals surface area contributed by atoms with Crippen molar-refractivity contribution >= 4 is 34.6 Å². The van der Waals surface area contributed by atoms with E-state index in [1.807, 2.05) is 63.3 Å². The van der Waals surface area contributed by atoms with Crippen molar-refractivity contribution in [3.63, 3.8) is 0 Å². The van der Waals surface area contributed by atoms with Crippen LogP contribution in [0.15, 0.2) is 36.4 Å². The number of hydrogen-bond acceptors (Lipinski definition) is 2. The number of rotatable bonds is 4. The van der Waals surface area contributed by atoms with Gasteiger partial charge in [0.25, 0.3) is 0 Å². The van der Waals surface area contributed by atoms with E-state index in [9.17, 15) is 4.79 Å². The molecular formula is C15H19IO2. The number of halogens is 1. The predicted octanol–water partition coefficient (Wildman–Crippen LogP) is 4.24. The zero-order valence-corrected chi connectivity index (χ0v) is 13.2. The number of hydrogen-bond donors (Lipinski definition) is 0. The monoisotopic (exact) mass is 358 g/mol. The van der Waals surface area contributed by atoms with Crippen molar-refractivity contribution in [3.8, 4) is 0 Å². The molecular weight excluding hydrogens is 339 g/mol. The summed E-state index contributed by atoms with van der Waals surface area (Å²) in [6.07, 6.45) is 4.72. The average molecular weight is 358 g/mol. The Hall–Kier alpha value is -0.840. The maximum absolute atomic E-state index is 11.7. The fourth-order valence-electron chi connectivity index (χ4n) is 1.35. The lowest BCUT2D eigenvalue weighted by Crippen LogP contribution is -2.28. The van der Waals surface area contributed by atoms with Gasteiger partial charge in [-0.25, -0.2) is 0 Å². The molecule has 98 valence electrons. The molecule has 0 bridgehead atoms. The maximum atomic E-state index is 11.7. The second-order valence-corrected chi connectivity index (χ2v) is 6.55. The molecule has 0 aliphatic carbocycles. The van der Waals surface area contributed by atoms with Gasteiger partial charge in [-0.2, -0.15) is 0 Å².